The summed E-state index contributed by atoms with van der Waals surface area (Å²) in [6, 6.07) is 3.71. The van der Waals surface area contributed by atoms with Crippen LogP contribution in [0.25, 0.3) is 0 Å². The first-order chi connectivity index (χ1) is 9.44. The Morgan fingerprint density at radius 1 is 1.45 bits per heavy atom. The van der Waals surface area contributed by atoms with Crippen LogP contribution in [-0.4, -0.2) is 40.8 Å². The van der Waals surface area contributed by atoms with Gasteiger partial charge in [-0.25, -0.2) is 4.79 Å². The van der Waals surface area contributed by atoms with Gasteiger partial charge in [-0.15, -0.1) is 0 Å². The molecule has 0 spiro atoms. The number of hydrogen-bond acceptors (Lipinski definition) is 4. The van der Waals surface area contributed by atoms with Gasteiger partial charge in [-0.05, 0) is 45.7 Å². The molecule has 2 rings (SSSR count). The summed E-state index contributed by atoms with van der Waals surface area (Å²) in [7, 11) is 0. The molecule has 1 atom stereocenters. The quantitative estimate of drug-likeness (QED) is 0.834. The molecule has 1 amide bonds. The van der Waals surface area contributed by atoms with E-state index in [0.717, 1.165) is 25.1 Å². The normalized spacial score (nSPS) is 19.6. The molecule has 1 saturated heterocycles. The first-order valence-electron chi connectivity index (χ1n) is 6.99. The Bertz CT molecular complexity index is 442. The summed E-state index contributed by atoms with van der Waals surface area (Å²) in [6.45, 7) is 6.90. The average molecular weight is 278 g/mol. The number of aromatic nitrogens is 1. The van der Waals surface area contributed by atoms with Gasteiger partial charge in [0.1, 0.15) is 17.5 Å². The van der Waals surface area contributed by atoms with Gasteiger partial charge in [-0.3, -0.25) is 4.98 Å². The Hall–Kier alpha value is -1.78. The molecular formula is C15H22N2O3. The lowest BCUT2D eigenvalue weighted by Crippen LogP contribution is -2.46. The number of piperidine rings is 1. The van der Waals surface area contributed by atoms with E-state index in [1.165, 1.54) is 0 Å². The van der Waals surface area contributed by atoms with Crippen molar-refractivity contribution in [3.05, 3.63) is 24.5 Å². The fraction of sp³-hybridized carbons (Fsp3) is 0.600. The molecule has 1 aliphatic rings. The molecule has 20 heavy (non-hydrogen) atoms. The highest BCUT2D eigenvalue weighted by Gasteiger charge is 2.28. The first-order valence-corrected chi connectivity index (χ1v) is 6.99. The minimum Gasteiger partial charge on any atom is -0.487 e. The van der Waals surface area contributed by atoms with E-state index in [2.05, 4.69) is 4.98 Å². The molecule has 0 radical (unpaired) electrons. The number of ether oxygens (including phenoxy) is 2. The fourth-order valence-electron chi connectivity index (χ4n) is 2.14. The Kier molecular flexibility index (Phi) is 4.47. The third-order valence-corrected chi connectivity index (χ3v) is 2.97. The summed E-state index contributed by atoms with van der Waals surface area (Å²) in [5, 5.41) is 0. The van der Waals surface area contributed by atoms with Crippen molar-refractivity contribution in [1.82, 2.24) is 9.88 Å². The largest absolute Gasteiger partial charge is 0.487 e. The smallest absolute Gasteiger partial charge is 0.410 e. The van der Waals surface area contributed by atoms with E-state index < -0.39 is 5.60 Å². The van der Waals surface area contributed by atoms with Crippen LogP contribution in [0.3, 0.4) is 0 Å². The van der Waals surface area contributed by atoms with E-state index in [1.807, 2.05) is 32.9 Å². The van der Waals surface area contributed by atoms with Gasteiger partial charge in [0.05, 0.1) is 12.7 Å². The second kappa shape index (κ2) is 6.11. The molecule has 2 heterocycles. The second-order valence-electron chi connectivity index (χ2n) is 6.00. The standard InChI is InChI=1S/C15H22N2O3/c1-15(2,3)20-14(18)17-9-5-7-13(11-17)19-12-6-4-8-16-10-12/h4,6,8,10,13H,5,7,9,11H2,1-3H3/t13-/m0/s1. The number of likely N-dealkylation sites (tertiary alicyclic amines) is 1. The maximum absolute atomic E-state index is 12.0. The van der Waals surface area contributed by atoms with Crippen molar-refractivity contribution in [2.24, 2.45) is 0 Å². The SMILES string of the molecule is CC(C)(C)OC(=O)N1CCC[C@H](Oc2cccnc2)C1. The lowest BCUT2D eigenvalue weighted by atomic mass is 10.1. The maximum atomic E-state index is 12.0. The molecule has 110 valence electrons. The Morgan fingerprint density at radius 2 is 2.25 bits per heavy atom. The van der Waals surface area contributed by atoms with Crippen molar-refractivity contribution in [3.8, 4) is 5.75 Å². The summed E-state index contributed by atoms with van der Waals surface area (Å²) in [5.74, 6) is 0.739. The molecule has 0 N–H and O–H groups in total. The van der Waals surface area contributed by atoms with Crippen LogP contribution in [0.4, 0.5) is 4.79 Å². The van der Waals surface area contributed by atoms with E-state index >= 15 is 0 Å². The van der Waals surface area contributed by atoms with Crippen molar-refractivity contribution in [3.63, 3.8) is 0 Å². The minimum absolute atomic E-state index is 0.000434. The Balaban J connectivity index is 1.90. The molecule has 1 aromatic rings. The third kappa shape index (κ3) is 4.40. The second-order valence-corrected chi connectivity index (χ2v) is 6.00. The maximum Gasteiger partial charge on any atom is 0.410 e. The summed E-state index contributed by atoms with van der Waals surface area (Å²) >= 11 is 0. The molecule has 5 nitrogen and oxygen atoms in total. The van der Waals surface area contributed by atoms with Crippen LogP contribution in [0.2, 0.25) is 0 Å². The molecule has 0 aromatic carbocycles. The molecule has 5 heteroatoms. The minimum atomic E-state index is -0.464. The van der Waals surface area contributed by atoms with Gasteiger partial charge in [0, 0.05) is 12.7 Å². The summed E-state index contributed by atoms with van der Waals surface area (Å²) in [5.41, 5.74) is -0.464. The number of amides is 1. The zero-order valence-electron chi connectivity index (χ0n) is 12.3. The van der Waals surface area contributed by atoms with Crippen molar-refractivity contribution in [2.45, 2.75) is 45.3 Å². The molecule has 0 saturated carbocycles. The number of carbonyl (C=O) groups is 1. The van der Waals surface area contributed by atoms with Crippen LogP contribution in [0.5, 0.6) is 5.75 Å². The van der Waals surface area contributed by atoms with E-state index in [9.17, 15) is 4.79 Å². The summed E-state index contributed by atoms with van der Waals surface area (Å²) < 4.78 is 11.2. The van der Waals surface area contributed by atoms with Gasteiger partial charge in [-0.2, -0.15) is 0 Å². The first kappa shape index (κ1) is 14.6. The van der Waals surface area contributed by atoms with Crippen LogP contribution >= 0.6 is 0 Å². The summed E-state index contributed by atoms with van der Waals surface area (Å²) in [6.07, 6.45) is 4.99. The highest BCUT2D eigenvalue weighted by atomic mass is 16.6. The Morgan fingerprint density at radius 3 is 2.90 bits per heavy atom. The lowest BCUT2D eigenvalue weighted by Gasteiger charge is -2.34. The van der Waals surface area contributed by atoms with Crippen molar-refractivity contribution in [1.29, 1.82) is 0 Å². The molecule has 1 fully saturated rings. The van der Waals surface area contributed by atoms with Crippen molar-refractivity contribution < 1.29 is 14.3 Å². The molecule has 1 aliphatic heterocycles. The van der Waals surface area contributed by atoms with E-state index in [4.69, 9.17) is 9.47 Å². The molecule has 0 aliphatic carbocycles. The van der Waals surface area contributed by atoms with Crippen LogP contribution in [0.1, 0.15) is 33.6 Å². The molecule has 1 aromatic heterocycles. The van der Waals surface area contributed by atoms with Gasteiger partial charge in [-0.1, -0.05) is 0 Å². The predicted molar refractivity (Wildman–Crippen MR) is 75.7 cm³/mol. The summed E-state index contributed by atoms with van der Waals surface area (Å²) in [4.78, 5) is 17.8. The lowest BCUT2D eigenvalue weighted by molar-refractivity contribution is 0.00772. The van der Waals surface area contributed by atoms with Gasteiger partial charge >= 0.3 is 6.09 Å². The van der Waals surface area contributed by atoms with E-state index in [1.54, 1.807) is 17.3 Å². The Labute approximate surface area is 119 Å². The highest BCUT2D eigenvalue weighted by Crippen LogP contribution is 2.19. The number of pyridine rings is 1. The van der Waals surface area contributed by atoms with E-state index in [0.29, 0.717) is 6.54 Å². The fourth-order valence-corrected chi connectivity index (χ4v) is 2.14. The average Bonchev–Trinajstić information content (AvgIpc) is 2.38. The predicted octanol–water partition coefficient (Wildman–Crippen LogP) is 2.86. The van der Waals surface area contributed by atoms with Crippen molar-refractivity contribution in [2.75, 3.05) is 13.1 Å². The van der Waals surface area contributed by atoms with Gasteiger partial charge in [0.15, 0.2) is 0 Å². The topological polar surface area (TPSA) is 51.7 Å². The monoisotopic (exact) mass is 278 g/mol. The van der Waals surface area contributed by atoms with Crippen LogP contribution in [-0.2, 0) is 4.74 Å². The molecule has 0 unspecified atom stereocenters. The third-order valence-electron chi connectivity index (χ3n) is 2.97. The van der Waals surface area contributed by atoms with Crippen molar-refractivity contribution >= 4 is 6.09 Å². The number of nitrogens with zero attached hydrogens (tertiary/aromatic N) is 2. The molecular weight excluding hydrogens is 256 g/mol. The van der Waals surface area contributed by atoms with Crippen LogP contribution in [0, 0.1) is 0 Å². The number of hydrogen-bond donors (Lipinski definition) is 0. The van der Waals surface area contributed by atoms with Gasteiger partial charge in [0.2, 0.25) is 0 Å². The van der Waals surface area contributed by atoms with E-state index in [-0.39, 0.29) is 12.2 Å². The van der Waals surface area contributed by atoms with Crippen LogP contribution < -0.4 is 4.74 Å². The van der Waals surface area contributed by atoms with Crippen LogP contribution in [0.15, 0.2) is 24.5 Å². The molecule has 0 bridgehead atoms. The van der Waals surface area contributed by atoms with Gasteiger partial charge in [0.25, 0.3) is 0 Å². The zero-order valence-corrected chi connectivity index (χ0v) is 12.3. The number of carbonyl (C=O) groups excluding carboxylic acids is 1. The highest BCUT2D eigenvalue weighted by molar-refractivity contribution is 5.68. The van der Waals surface area contributed by atoms with Gasteiger partial charge < -0.3 is 14.4 Å². The number of rotatable bonds is 2. The zero-order chi connectivity index (χ0) is 14.6.